The van der Waals surface area contributed by atoms with Crippen LogP contribution in [0, 0.1) is 0 Å². The highest BCUT2D eigenvalue weighted by Crippen LogP contribution is 2.19. The van der Waals surface area contributed by atoms with Crippen LogP contribution >= 0.6 is 12.2 Å². The predicted octanol–water partition coefficient (Wildman–Crippen LogP) is 4.89. The van der Waals surface area contributed by atoms with Gasteiger partial charge in [0.15, 0.2) is 5.11 Å². The van der Waals surface area contributed by atoms with E-state index < -0.39 is 0 Å². The summed E-state index contributed by atoms with van der Waals surface area (Å²) < 4.78 is 0. The van der Waals surface area contributed by atoms with Crippen molar-refractivity contribution in [1.82, 2.24) is 5.32 Å². The molecule has 0 fully saturated rings. The maximum atomic E-state index is 5.41. The van der Waals surface area contributed by atoms with Crippen LogP contribution in [0.25, 0.3) is 10.8 Å². The van der Waals surface area contributed by atoms with Gasteiger partial charge in [-0.1, -0.05) is 60.7 Å². The molecule has 3 aromatic carbocycles. The predicted molar refractivity (Wildman–Crippen MR) is 98.2 cm³/mol. The van der Waals surface area contributed by atoms with Crippen LogP contribution in [0.15, 0.2) is 72.8 Å². The van der Waals surface area contributed by atoms with Crippen LogP contribution in [0.3, 0.4) is 0 Å². The van der Waals surface area contributed by atoms with Gasteiger partial charge in [-0.05, 0) is 47.6 Å². The Labute approximate surface area is 136 Å². The fourth-order valence-electron chi connectivity index (χ4n) is 2.46. The lowest BCUT2D eigenvalue weighted by atomic mass is 10.1. The van der Waals surface area contributed by atoms with Crippen molar-refractivity contribution in [3.8, 4) is 0 Å². The highest BCUT2D eigenvalue weighted by molar-refractivity contribution is 7.80. The van der Waals surface area contributed by atoms with Gasteiger partial charge in [-0.15, -0.1) is 0 Å². The summed E-state index contributed by atoms with van der Waals surface area (Å²) in [4.78, 5) is 0. The lowest BCUT2D eigenvalue weighted by Crippen LogP contribution is -2.30. The van der Waals surface area contributed by atoms with Crippen molar-refractivity contribution in [2.75, 3.05) is 5.32 Å². The fourth-order valence-corrected chi connectivity index (χ4v) is 2.75. The number of anilines is 1. The SMILES string of the molecule is CC(NC(=S)Nc1ccc2ccccc2c1)c1ccccc1. The van der Waals surface area contributed by atoms with Crippen LogP contribution in [-0.4, -0.2) is 5.11 Å². The zero-order valence-corrected chi connectivity index (χ0v) is 13.2. The Hall–Kier alpha value is -2.39. The monoisotopic (exact) mass is 306 g/mol. The van der Waals surface area contributed by atoms with Gasteiger partial charge in [0.1, 0.15) is 0 Å². The molecular weight excluding hydrogens is 288 g/mol. The Morgan fingerprint density at radius 2 is 1.55 bits per heavy atom. The van der Waals surface area contributed by atoms with Gasteiger partial charge in [0.25, 0.3) is 0 Å². The highest BCUT2D eigenvalue weighted by Gasteiger charge is 2.06. The molecule has 0 bridgehead atoms. The van der Waals surface area contributed by atoms with Crippen LogP contribution in [0.5, 0.6) is 0 Å². The van der Waals surface area contributed by atoms with Crippen LogP contribution in [0.2, 0.25) is 0 Å². The van der Waals surface area contributed by atoms with Crippen molar-refractivity contribution >= 4 is 33.8 Å². The molecule has 3 rings (SSSR count). The van der Waals surface area contributed by atoms with E-state index in [1.807, 2.05) is 36.4 Å². The second-order valence-electron chi connectivity index (χ2n) is 5.29. The van der Waals surface area contributed by atoms with Crippen LogP contribution < -0.4 is 10.6 Å². The number of thiocarbonyl (C=S) groups is 1. The van der Waals surface area contributed by atoms with Crippen LogP contribution in [0.1, 0.15) is 18.5 Å². The maximum Gasteiger partial charge on any atom is 0.171 e. The number of benzene rings is 3. The third kappa shape index (κ3) is 3.43. The van der Waals surface area contributed by atoms with E-state index in [0.29, 0.717) is 5.11 Å². The largest absolute Gasteiger partial charge is 0.356 e. The molecule has 0 aliphatic heterocycles. The molecule has 3 heteroatoms. The smallest absolute Gasteiger partial charge is 0.171 e. The second kappa shape index (κ2) is 6.58. The summed E-state index contributed by atoms with van der Waals surface area (Å²) in [5, 5.41) is 9.63. The first-order valence-corrected chi connectivity index (χ1v) is 7.74. The fraction of sp³-hybridized carbons (Fsp3) is 0.105. The van der Waals surface area contributed by atoms with Gasteiger partial charge < -0.3 is 10.6 Å². The molecule has 110 valence electrons. The summed E-state index contributed by atoms with van der Waals surface area (Å²) in [5.41, 5.74) is 2.21. The third-order valence-electron chi connectivity index (χ3n) is 3.65. The second-order valence-corrected chi connectivity index (χ2v) is 5.70. The van der Waals surface area contributed by atoms with E-state index in [2.05, 4.69) is 54.0 Å². The molecule has 2 N–H and O–H groups in total. The Morgan fingerprint density at radius 1 is 0.864 bits per heavy atom. The molecule has 0 spiro atoms. The molecule has 0 saturated carbocycles. The first-order valence-electron chi connectivity index (χ1n) is 7.33. The molecule has 2 nitrogen and oxygen atoms in total. The van der Waals surface area contributed by atoms with E-state index in [9.17, 15) is 0 Å². The van der Waals surface area contributed by atoms with Gasteiger partial charge >= 0.3 is 0 Å². The van der Waals surface area contributed by atoms with Gasteiger partial charge in [-0.3, -0.25) is 0 Å². The number of hydrogen-bond donors (Lipinski definition) is 2. The summed E-state index contributed by atoms with van der Waals surface area (Å²) >= 11 is 5.41. The first-order chi connectivity index (χ1) is 10.7. The third-order valence-corrected chi connectivity index (χ3v) is 3.87. The molecule has 0 aliphatic carbocycles. The number of nitrogens with one attached hydrogen (secondary N) is 2. The zero-order valence-electron chi connectivity index (χ0n) is 12.4. The van der Waals surface area contributed by atoms with Crippen molar-refractivity contribution in [3.05, 3.63) is 78.4 Å². The van der Waals surface area contributed by atoms with Crippen LogP contribution in [0.4, 0.5) is 5.69 Å². The van der Waals surface area contributed by atoms with Crippen molar-refractivity contribution in [2.45, 2.75) is 13.0 Å². The molecular formula is C19H18N2S. The van der Waals surface area contributed by atoms with E-state index in [0.717, 1.165) is 5.69 Å². The van der Waals surface area contributed by atoms with E-state index in [1.54, 1.807) is 0 Å². The molecule has 0 aliphatic rings. The van der Waals surface area contributed by atoms with E-state index in [-0.39, 0.29) is 6.04 Å². The van der Waals surface area contributed by atoms with Crippen molar-refractivity contribution in [2.24, 2.45) is 0 Å². The van der Waals surface area contributed by atoms with Crippen molar-refractivity contribution in [3.63, 3.8) is 0 Å². The van der Waals surface area contributed by atoms with Crippen molar-refractivity contribution < 1.29 is 0 Å². The Balaban J connectivity index is 1.68. The minimum Gasteiger partial charge on any atom is -0.356 e. The van der Waals surface area contributed by atoms with Gasteiger partial charge in [0.05, 0.1) is 6.04 Å². The first kappa shape index (κ1) is 14.5. The zero-order chi connectivity index (χ0) is 15.4. The molecule has 22 heavy (non-hydrogen) atoms. The molecule has 0 heterocycles. The summed E-state index contributed by atoms with van der Waals surface area (Å²) in [6, 6.07) is 25.0. The Morgan fingerprint density at radius 3 is 2.32 bits per heavy atom. The standard InChI is InChI=1S/C19H18N2S/c1-14(15-7-3-2-4-8-15)20-19(22)21-18-12-11-16-9-5-6-10-17(16)13-18/h2-14H,1H3,(H2,20,21,22). The molecule has 0 amide bonds. The van der Waals surface area contributed by atoms with Gasteiger partial charge in [0, 0.05) is 5.69 Å². The quantitative estimate of drug-likeness (QED) is 0.674. The number of hydrogen-bond acceptors (Lipinski definition) is 1. The molecule has 0 saturated heterocycles. The topological polar surface area (TPSA) is 24.1 Å². The highest BCUT2D eigenvalue weighted by atomic mass is 32.1. The summed E-state index contributed by atoms with van der Waals surface area (Å²) in [6.07, 6.45) is 0. The molecule has 3 aromatic rings. The maximum absolute atomic E-state index is 5.41. The average molecular weight is 306 g/mol. The summed E-state index contributed by atoms with van der Waals surface area (Å²) in [6.45, 7) is 2.10. The minimum absolute atomic E-state index is 0.168. The normalized spacial score (nSPS) is 11.9. The Kier molecular flexibility index (Phi) is 4.35. The lowest BCUT2D eigenvalue weighted by molar-refractivity contribution is 0.723. The van der Waals surface area contributed by atoms with Gasteiger partial charge in [0.2, 0.25) is 0 Å². The van der Waals surface area contributed by atoms with E-state index in [1.165, 1.54) is 16.3 Å². The minimum atomic E-state index is 0.168. The summed E-state index contributed by atoms with van der Waals surface area (Å²) in [7, 11) is 0. The average Bonchev–Trinajstić information content (AvgIpc) is 2.55. The van der Waals surface area contributed by atoms with E-state index in [4.69, 9.17) is 12.2 Å². The van der Waals surface area contributed by atoms with E-state index >= 15 is 0 Å². The Bertz CT molecular complexity index is 784. The molecule has 0 radical (unpaired) electrons. The van der Waals surface area contributed by atoms with Crippen molar-refractivity contribution in [1.29, 1.82) is 0 Å². The molecule has 1 atom stereocenters. The van der Waals surface area contributed by atoms with Gasteiger partial charge in [-0.2, -0.15) is 0 Å². The molecule has 1 unspecified atom stereocenters. The van der Waals surface area contributed by atoms with Crippen LogP contribution in [-0.2, 0) is 0 Å². The molecule has 0 aromatic heterocycles. The number of fused-ring (bicyclic) bond motifs is 1. The summed E-state index contributed by atoms with van der Waals surface area (Å²) in [5.74, 6) is 0. The lowest BCUT2D eigenvalue weighted by Gasteiger charge is -2.17. The van der Waals surface area contributed by atoms with Gasteiger partial charge in [-0.25, -0.2) is 0 Å². The number of rotatable bonds is 3.